The van der Waals surface area contributed by atoms with Crippen LogP contribution in [-0.4, -0.2) is 32.1 Å². The second kappa shape index (κ2) is 5.95. The molecular formula is C15H24N4. The van der Waals surface area contributed by atoms with E-state index >= 15 is 0 Å². The average molecular weight is 260 g/mol. The zero-order valence-corrected chi connectivity index (χ0v) is 12.0. The Morgan fingerprint density at radius 2 is 2.11 bits per heavy atom. The predicted molar refractivity (Wildman–Crippen MR) is 80.9 cm³/mol. The topological polar surface area (TPSA) is 51.2 Å². The molecule has 1 unspecified atom stereocenters. The van der Waals surface area contributed by atoms with E-state index in [-0.39, 0.29) is 0 Å². The number of likely N-dealkylation sites (N-methyl/N-ethyl adjacent to an activating group) is 1. The van der Waals surface area contributed by atoms with Crippen LogP contribution in [0.5, 0.6) is 0 Å². The van der Waals surface area contributed by atoms with Gasteiger partial charge in [0.1, 0.15) is 0 Å². The summed E-state index contributed by atoms with van der Waals surface area (Å²) in [5.41, 5.74) is 2.72. The summed E-state index contributed by atoms with van der Waals surface area (Å²) in [4.78, 5) is 2.30. The van der Waals surface area contributed by atoms with Crippen molar-refractivity contribution in [1.82, 2.24) is 10.6 Å². The van der Waals surface area contributed by atoms with Crippen LogP contribution in [0.4, 0.5) is 5.69 Å². The number of nitrogens with zero attached hydrogens (tertiary/aromatic N) is 1. The number of benzene rings is 1. The van der Waals surface area contributed by atoms with Crippen molar-refractivity contribution in [2.45, 2.75) is 26.3 Å². The van der Waals surface area contributed by atoms with E-state index in [0.717, 1.165) is 19.5 Å². The molecule has 2 rings (SSSR count). The van der Waals surface area contributed by atoms with E-state index in [1.807, 2.05) is 0 Å². The smallest absolute Gasteiger partial charge is 0.188 e. The number of hydrogen-bond acceptors (Lipinski definition) is 2. The molecule has 1 aliphatic rings. The maximum Gasteiger partial charge on any atom is 0.188 e. The van der Waals surface area contributed by atoms with E-state index < -0.39 is 0 Å². The van der Waals surface area contributed by atoms with Crippen LogP contribution in [0.15, 0.2) is 24.3 Å². The van der Waals surface area contributed by atoms with Gasteiger partial charge in [-0.15, -0.1) is 0 Å². The van der Waals surface area contributed by atoms with Crippen molar-refractivity contribution in [1.29, 1.82) is 5.41 Å². The van der Waals surface area contributed by atoms with E-state index in [1.54, 1.807) is 0 Å². The molecule has 0 bridgehead atoms. The molecule has 3 N–H and O–H groups in total. The van der Waals surface area contributed by atoms with Gasteiger partial charge in [-0.25, -0.2) is 0 Å². The molecule has 1 aliphatic heterocycles. The zero-order chi connectivity index (χ0) is 13.8. The quantitative estimate of drug-likeness (QED) is 0.572. The molecule has 104 valence electrons. The first-order valence-corrected chi connectivity index (χ1v) is 6.95. The lowest BCUT2D eigenvalue weighted by Crippen LogP contribution is -2.45. The Morgan fingerprint density at radius 1 is 1.37 bits per heavy atom. The molecular weight excluding hydrogens is 236 g/mol. The Bertz CT molecular complexity index is 442. The lowest BCUT2D eigenvalue weighted by atomic mass is 10.1. The van der Waals surface area contributed by atoms with Gasteiger partial charge in [0.15, 0.2) is 5.96 Å². The van der Waals surface area contributed by atoms with Gasteiger partial charge in [-0.2, -0.15) is 0 Å². The second-order valence-corrected chi connectivity index (χ2v) is 5.63. The number of para-hydroxylation sites is 1. The molecule has 1 aromatic carbocycles. The van der Waals surface area contributed by atoms with E-state index in [1.165, 1.54) is 11.3 Å². The molecule has 1 atom stereocenters. The summed E-state index contributed by atoms with van der Waals surface area (Å²) in [5, 5.41) is 14.1. The number of guanidine groups is 1. The molecule has 0 aliphatic carbocycles. The first-order chi connectivity index (χ1) is 9.08. The third-order valence-corrected chi connectivity index (χ3v) is 3.58. The van der Waals surface area contributed by atoms with Crippen LogP contribution in [0.3, 0.4) is 0 Å². The van der Waals surface area contributed by atoms with Crippen molar-refractivity contribution >= 4 is 11.6 Å². The Balaban J connectivity index is 1.81. The highest BCUT2D eigenvalue weighted by Crippen LogP contribution is 2.29. The van der Waals surface area contributed by atoms with Crippen LogP contribution in [0, 0.1) is 11.3 Å². The molecule has 0 aromatic heterocycles. The third kappa shape index (κ3) is 3.40. The van der Waals surface area contributed by atoms with Gasteiger partial charge in [0.25, 0.3) is 0 Å². The first-order valence-electron chi connectivity index (χ1n) is 6.95. The molecule has 1 aromatic rings. The van der Waals surface area contributed by atoms with Crippen molar-refractivity contribution in [3.8, 4) is 0 Å². The maximum atomic E-state index is 7.83. The minimum absolute atomic E-state index is 0.429. The number of hydrogen-bond donors (Lipinski definition) is 3. The van der Waals surface area contributed by atoms with Crippen molar-refractivity contribution < 1.29 is 0 Å². The predicted octanol–water partition coefficient (Wildman–Crippen LogP) is 1.82. The van der Waals surface area contributed by atoms with Gasteiger partial charge in [-0.05, 0) is 24.0 Å². The summed E-state index contributed by atoms with van der Waals surface area (Å²) in [6.07, 6.45) is 1.05. The zero-order valence-electron chi connectivity index (χ0n) is 12.0. The molecule has 1 heterocycles. The van der Waals surface area contributed by atoms with Crippen LogP contribution in [0.1, 0.15) is 19.4 Å². The number of nitrogens with one attached hydrogen (secondary N) is 3. The molecule has 4 nitrogen and oxygen atoms in total. The van der Waals surface area contributed by atoms with E-state index in [9.17, 15) is 0 Å². The van der Waals surface area contributed by atoms with Crippen LogP contribution in [-0.2, 0) is 6.42 Å². The van der Waals surface area contributed by atoms with Crippen LogP contribution in [0.2, 0.25) is 0 Å². The third-order valence-electron chi connectivity index (χ3n) is 3.58. The summed E-state index contributed by atoms with van der Waals surface area (Å²) in [5.74, 6) is 0.985. The monoisotopic (exact) mass is 260 g/mol. The average Bonchev–Trinajstić information content (AvgIpc) is 2.71. The Morgan fingerprint density at radius 3 is 2.79 bits per heavy atom. The van der Waals surface area contributed by atoms with Gasteiger partial charge in [0, 0.05) is 25.8 Å². The molecule has 0 amide bonds. The lowest BCUT2D eigenvalue weighted by molar-refractivity contribution is 0.596. The van der Waals surface area contributed by atoms with Crippen molar-refractivity contribution in [3.63, 3.8) is 0 Å². The van der Waals surface area contributed by atoms with Crippen LogP contribution >= 0.6 is 0 Å². The minimum atomic E-state index is 0.429. The fourth-order valence-electron chi connectivity index (χ4n) is 2.41. The van der Waals surface area contributed by atoms with Gasteiger partial charge in [0.2, 0.25) is 0 Å². The van der Waals surface area contributed by atoms with Crippen molar-refractivity contribution in [3.05, 3.63) is 29.8 Å². The Hall–Kier alpha value is -1.71. The normalized spacial score (nSPS) is 17.5. The standard InChI is InChI=1S/C15H24N4/c1-11(2)9-17-15(16)18-10-13-8-12-6-4-5-7-14(12)19(13)3/h4-7,11,13H,8-10H2,1-3H3,(H3,16,17,18). The summed E-state index contributed by atoms with van der Waals surface area (Å²) >= 11 is 0. The highest BCUT2D eigenvalue weighted by molar-refractivity contribution is 5.76. The highest BCUT2D eigenvalue weighted by Gasteiger charge is 2.25. The SMILES string of the molecule is CC(C)CNC(=N)NCC1Cc2ccccc2N1C. The molecule has 0 radical (unpaired) electrons. The number of fused-ring (bicyclic) bond motifs is 1. The van der Waals surface area contributed by atoms with E-state index in [0.29, 0.717) is 17.9 Å². The van der Waals surface area contributed by atoms with Gasteiger partial charge in [-0.1, -0.05) is 32.0 Å². The van der Waals surface area contributed by atoms with Crippen LogP contribution < -0.4 is 15.5 Å². The minimum Gasteiger partial charge on any atom is -0.369 e. The van der Waals surface area contributed by atoms with E-state index in [2.05, 4.69) is 60.7 Å². The molecule has 0 saturated heterocycles. The van der Waals surface area contributed by atoms with Gasteiger partial charge in [-0.3, -0.25) is 5.41 Å². The second-order valence-electron chi connectivity index (χ2n) is 5.63. The summed E-state index contributed by atoms with van der Waals surface area (Å²) in [7, 11) is 2.13. The Labute approximate surface area is 115 Å². The molecule has 4 heteroatoms. The van der Waals surface area contributed by atoms with Crippen molar-refractivity contribution in [2.24, 2.45) is 5.92 Å². The van der Waals surface area contributed by atoms with Crippen molar-refractivity contribution in [2.75, 3.05) is 25.0 Å². The summed E-state index contributed by atoms with van der Waals surface area (Å²) in [6, 6.07) is 8.95. The lowest BCUT2D eigenvalue weighted by Gasteiger charge is -2.23. The van der Waals surface area contributed by atoms with Crippen LogP contribution in [0.25, 0.3) is 0 Å². The molecule has 19 heavy (non-hydrogen) atoms. The van der Waals surface area contributed by atoms with E-state index in [4.69, 9.17) is 5.41 Å². The number of rotatable bonds is 4. The molecule has 0 fully saturated rings. The molecule has 0 saturated carbocycles. The molecule has 0 spiro atoms. The van der Waals surface area contributed by atoms with Gasteiger partial charge in [0.05, 0.1) is 6.04 Å². The number of anilines is 1. The summed E-state index contributed by atoms with van der Waals surface area (Å²) in [6.45, 7) is 5.92. The largest absolute Gasteiger partial charge is 0.369 e. The fraction of sp³-hybridized carbons (Fsp3) is 0.533. The van der Waals surface area contributed by atoms with Gasteiger partial charge >= 0.3 is 0 Å². The summed E-state index contributed by atoms with van der Waals surface area (Å²) < 4.78 is 0. The highest BCUT2D eigenvalue weighted by atomic mass is 15.2. The first kappa shape index (κ1) is 13.7. The van der Waals surface area contributed by atoms with Gasteiger partial charge < -0.3 is 15.5 Å². The fourth-order valence-corrected chi connectivity index (χ4v) is 2.41. The maximum absolute atomic E-state index is 7.83. The Kier molecular flexibility index (Phi) is 4.30.